The normalized spacial score (nSPS) is 15.8. The quantitative estimate of drug-likeness (QED) is 0.429. The predicted molar refractivity (Wildman–Crippen MR) is 124 cm³/mol. The zero-order chi connectivity index (χ0) is 21.9. The molecule has 1 atom stereocenters. The highest BCUT2D eigenvalue weighted by Gasteiger charge is 2.29. The number of carbonyl (C=O) groups excluding carboxylic acids is 1. The summed E-state index contributed by atoms with van der Waals surface area (Å²) in [5.41, 5.74) is 3.00. The monoisotopic (exact) mass is 447 g/mol. The number of nitrogens with zero attached hydrogens (tertiary/aromatic N) is 2. The lowest BCUT2D eigenvalue weighted by Crippen LogP contribution is -2.31. The maximum Gasteiger partial charge on any atom is 0.295 e. The molecule has 1 amide bonds. The van der Waals surface area contributed by atoms with Crippen LogP contribution in [-0.2, 0) is 6.61 Å². The fourth-order valence-corrected chi connectivity index (χ4v) is 4.03. The number of para-hydroxylation sites is 1. The van der Waals surface area contributed by atoms with E-state index >= 15 is 0 Å². The molecule has 1 aromatic heterocycles. The highest BCUT2D eigenvalue weighted by molar-refractivity contribution is 6.31. The molecule has 5 rings (SSSR count). The van der Waals surface area contributed by atoms with Crippen LogP contribution in [-0.4, -0.2) is 34.9 Å². The van der Waals surface area contributed by atoms with Gasteiger partial charge in [0, 0.05) is 30.2 Å². The molecule has 0 spiro atoms. The molecule has 2 heterocycles. The van der Waals surface area contributed by atoms with Crippen LogP contribution in [0.1, 0.15) is 22.3 Å². The summed E-state index contributed by atoms with van der Waals surface area (Å²) in [6.45, 7) is 1.62. The molecule has 0 bridgehead atoms. The lowest BCUT2D eigenvalue weighted by Gasteiger charge is -2.19. The summed E-state index contributed by atoms with van der Waals surface area (Å²) in [6.07, 6.45) is 0.804. The molecular formula is C25H22ClN3O3. The third-order valence-electron chi connectivity index (χ3n) is 5.51. The molecule has 1 unspecified atom stereocenters. The van der Waals surface area contributed by atoms with Gasteiger partial charge in [-0.1, -0.05) is 54.1 Å². The fraction of sp³-hybridized carbons (Fsp3) is 0.200. The molecular weight excluding hydrogens is 426 g/mol. The number of hydrogen-bond donors (Lipinski definition) is 1. The van der Waals surface area contributed by atoms with Crippen molar-refractivity contribution < 1.29 is 13.9 Å². The van der Waals surface area contributed by atoms with Gasteiger partial charge in [0.2, 0.25) is 0 Å². The van der Waals surface area contributed by atoms with Gasteiger partial charge in [0.25, 0.3) is 11.9 Å². The van der Waals surface area contributed by atoms with Crippen LogP contribution in [0, 0.1) is 0 Å². The maximum atomic E-state index is 13.2. The average Bonchev–Trinajstić information content (AvgIpc) is 3.44. The number of oxazole rings is 1. The van der Waals surface area contributed by atoms with Gasteiger partial charge in [-0.05, 0) is 36.2 Å². The van der Waals surface area contributed by atoms with Crippen molar-refractivity contribution in [1.29, 1.82) is 0 Å². The summed E-state index contributed by atoms with van der Waals surface area (Å²) >= 11 is 6.02. The molecule has 6 nitrogen and oxygen atoms in total. The van der Waals surface area contributed by atoms with Gasteiger partial charge in [-0.3, -0.25) is 4.79 Å². The Balaban J connectivity index is 1.24. The van der Waals surface area contributed by atoms with Crippen molar-refractivity contribution >= 4 is 34.6 Å². The van der Waals surface area contributed by atoms with Gasteiger partial charge >= 0.3 is 0 Å². The van der Waals surface area contributed by atoms with E-state index in [1.165, 1.54) is 0 Å². The summed E-state index contributed by atoms with van der Waals surface area (Å²) in [7, 11) is 0. The first-order chi connectivity index (χ1) is 15.7. The van der Waals surface area contributed by atoms with Gasteiger partial charge in [-0.2, -0.15) is 4.98 Å². The number of aromatic nitrogens is 1. The highest BCUT2D eigenvalue weighted by atomic mass is 35.5. The molecule has 0 aliphatic carbocycles. The van der Waals surface area contributed by atoms with Crippen molar-refractivity contribution in [2.24, 2.45) is 0 Å². The van der Waals surface area contributed by atoms with Crippen LogP contribution >= 0.6 is 11.6 Å². The summed E-state index contributed by atoms with van der Waals surface area (Å²) in [4.78, 5) is 19.5. The van der Waals surface area contributed by atoms with E-state index in [1.54, 1.807) is 12.1 Å². The van der Waals surface area contributed by atoms with Gasteiger partial charge < -0.3 is 19.4 Å². The Labute approximate surface area is 190 Å². The Morgan fingerprint density at radius 1 is 1.12 bits per heavy atom. The first kappa shape index (κ1) is 20.4. The van der Waals surface area contributed by atoms with E-state index in [4.69, 9.17) is 20.8 Å². The first-order valence-corrected chi connectivity index (χ1v) is 10.9. The smallest absolute Gasteiger partial charge is 0.295 e. The third-order valence-corrected chi connectivity index (χ3v) is 5.74. The zero-order valence-corrected chi connectivity index (χ0v) is 18.1. The molecule has 4 aromatic rings. The Morgan fingerprint density at radius 2 is 1.94 bits per heavy atom. The standard InChI is InChI=1S/C25H22ClN3O3/c26-18-10-11-21-23(14-18)32-25(28-21)27-19-12-13-29(15-19)24(30)20-8-4-5-9-22(20)31-16-17-6-2-1-3-7-17/h1-11,14,19H,12-13,15-16H2,(H,27,28). The summed E-state index contributed by atoms with van der Waals surface area (Å²) in [6, 6.07) is 23.1. The summed E-state index contributed by atoms with van der Waals surface area (Å²) < 4.78 is 11.7. The second-order valence-electron chi connectivity index (χ2n) is 7.78. The van der Waals surface area contributed by atoms with Crippen molar-refractivity contribution in [2.75, 3.05) is 18.4 Å². The second kappa shape index (κ2) is 8.93. The number of fused-ring (bicyclic) bond motifs is 1. The average molecular weight is 448 g/mol. The Morgan fingerprint density at radius 3 is 2.81 bits per heavy atom. The maximum absolute atomic E-state index is 13.2. The van der Waals surface area contributed by atoms with Gasteiger partial charge in [0.05, 0.1) is 5.56 Å². The minimum Gasteiger partial charge on any atom is -0.488 e. The van der Waals surface area contributed by atoms with Crippen molar-refractivity contribution in [3.8, 4) is 5.75 Å². The number of ether oxygens (including phenoxy) is 1. The zero-order valence-electron chi connectivity index (χ0n) is 17.3. The van der Waals surface area contributed by atoms with Crippen LogP contribution in [0.3, 0.4) is 0 Å². The Kier molecular flexibility index (Phi) is 5.69. The van der Waals surface area contributed by atoms with Gasteiger partial charge in [-0.25, -0.2) is 0 Å². The van der Waals surface area contributed by atoms with Crippen molar-refractivity contribution in [1.82, 2.24) is 9.88 Å². The number of benzene rings is 3. The lowest BCUT2D eigenvalue weighted by atomic mass is 10.1. The van der Waals surface area contributed by atoms with E-state index in [9.17, 15) is 4.79 Å². The molecule has 1 fully saturated rings. The van der Waals surface area contributed by atoms with Gasteiger partial charge in [0.15, 0.2) is 5.58 Å². The molecule has 7 heteroatoms. The fourth-order valence-electron chi connectivity index (χ4n) is 3.87. The lowest BCUT2D eigenvalue weighted by molar-refractivity contribution is 0.0786. The van der Waals surface area contributed by atoms with Crippen LogP contribution in [0.4, 0.5) is 6.01 Å². The van der Waals surface area contributed by atoms with E-state index < -0.39 is 0 Å². The van der Waals surface area contributed by atoms with Crippen molar-refractivity contribution in [3.63, 3.8) is 0 Å². The summed E-state index contributed by atoms with van der Waals surface area (Å²) in [5, 5.41) is 3.90. The Bertz CT molecular complexity index is 1240. The number of rotatable bonds is 6. The molecule has 1 saturated heterocycles. The van der Waals surface area contributed by atoms with E-state index in [0.717, 1.165) is 17.5 Å². The van der Waals surface area contributed by atoms with Gasteiger partial charge in [-0.15, -0.1) is 0 Å². The number of anilines is 1. The van der Waals surface area contributed by atoms with Crippen LogP contribution in [0.25, 0.3) is 11.1 Å². The van der Waals surface area contributed by atoms with E-state index in [1.807, 2.05) is 65.6 Å². The third kappa shape index (κ3) is 4.41. The molecule has 1 N–H and O–H groups in total. The van der Waals surface area contributed by atoms with E-state index in [2.05, 4.69) is 10.3 Å². The number of hydrogen-bond acceptors (Lipinski definition) is 5. The number of likely N-dealkylation sites (tertiary alicyclic amines) is 1. The number of amides is 1. The minimum atomic E-state index is -0.0395. The van der Waals surface area contributed by atoms with Gasteiger partial charge in [0.1, 0.15) is 17.9 Å². The minimum absolute atomic E-state index is 0.0395. The number of halogens is 1. The molecule has 0 radical (unpaired) electrons. The molecule has 3 aromatic carbocycles. The van der Waals surface area contributed by atoms with Crippen LogP contribution in [0.15, 0.2) is 77.2 Å². The van der Waals surface area contributed by atoms with Crippen LogP contribution < -0.4 is 10.1 Å². The largest absolute Gasteiger partial charge is 0.488 e. The van der Waals surface area contributed by atoms with Crippen LogP contribution in [0.5, 0.6) is 5.75 Å². The van der Waals surface area contributed by atoms with Crippen LogP contribution in [0.2, 0.25) is 5.02 Å². The van der Waals surface area contributed by atoms with E-state index in [0.29, 0.717) is 47.6 Å². The number of nitrogens with one attached hydrogen (secondary N) is 1. The highest BCUT2D eigenvalue weighted by Crippen LogP contribution is 2.26. The molecule has 162 valence electrons. The SMILES string of the molecule is O=C(c1ccccc1OCc1ccccc1)N1CCC(Nc2nc3ccc(Cl)cc3o2)C1. The molecule has 1 aliphatic rings. The summed E-state index contributed by atoms with van der Waals surface area (Å²) in [5.74, 6) is 0.552. The number of carbonyl (C=O) groups is 1. The van der Waals surface area contributed by atoms with E-state index in [-0.39, 0.29) is 11.9 Å². The van der Waals surface area contributed by atoms with Crippen molar-refractivity contribution in [2.45, 2.75) is 19.1 Å². The molecule has 0 saturated carbocycles. The second-order valence-corrected chi connectivity index (χ2v) is 8.22. The topological polar surface area (TPSA) is 67.6 Å². The first-order valence-electron chi connectivity index (χ1n) is 10.5. The predicted octanol–water partition coefficient (Wildman–Crippen LogP) is 5.39. The Hall–Kier alpha value is -3.51. The molecule has 32 heavy (non-hydrogen) atoms. The van der Waals surface area contributed by atoms with Crippen molar-refractivity contribution in [3.05, 3.63) is 88.9 Å². The molecule has 1 aliphatic heterocycles.